The van der Waals surface area contributed by atoms with Crippen LogP contribution in [0.1, 0.15) is 22.3 Å². The highest BCUT2D eigenvalue weighted by Gasteiger charge is 2.44. The maximum Gasteiger partial charge on any atom is 0.257 e. The molecule has 0 spiro atoms. The fourth-order valence-corrected chi connectivity index (χ4v) is 3.91. The van der Waals surface area contributed by atoms with Crippen molar-refractivity contribution < 1.29 is 23.5 Å². The minimum absolute atomic E-state index is 0.118. The zero-order valence-corrected chi connectivity index (χ0v) is 18.1. The number of imide groups is 1. The van der Waals surface area contributed by atoms with Gasteiger partial charge in [0.05, 0.1) is 19.2 Å². The number of carbonyl (C=O) groups is 3. The van der Waals surface area contributed by atoms with E-state index in [-0.39, 0.29) is 24.4 Å². The average Bonchev–Trinajstić information content (AvgIpc) is 3.13. The first-order chi connectivity index (χ1) is 16.0. The summed E-state index contributed by atoms with van der Waals surface area (Å²) in [5.41, 5.74) is 1.68. The normalized spacial score (nSPS) is 15.6. The molecular weight excluding hydrogens is 423 g/mol. The third-order valence-corrected chi connectivity index (χ3v) is 5.67. The second-order valence-corrected chi connectivity index (χ2v) is 7.73. The van der Waals surface area contributed by atoms with Crippen LogP contribution in [-0.4, -0.2) is 42.3 Å². The van der Waals surface area contributed by atoms with Gasteiger partial charge in [0, 0.05) is 12.1 Å². The van der Waals surface area contributed by atoms with E-state index in [1.54, 1.807) is 24.3 Å². The van der Waals surface area contributed by atoms with Crippen molar-refractivity contribution in [3.05, 3.63) is 95.8 Å². The molecule has 1 saturated heterocycles. The largest absolute Gasteiger partial charge is 0.497 e. The van der Waals surface area contributed by atoms with Crippen LogP contribution in [-0.2, 0) is 16.0 Å². The highest BCUT2D eigenvalue weighted by atomic mass is 19.1. The molecule has 1 fully saturated rings. The SMILES string of the molecule is COc1ccc(N2C(=O)CC(N(CCc3ccccc3)C(=O)c3ccc(F)cc3)C2=O)cc1. The monoisotopic (exact) mass is 446 g/mol. The van der Waals surface area contributed by atoms with Crippen molar-refractivity contribution in [3.63, 3.8) is 0 Å². The van der Waals surface area contributed by atoms with Crippen LogP contribution < -0.4 is 9.64 Å². The molecule has 0 saturated carbocycles. The molecule has 4 rings (SSSR count). The first-order valence-corrected chi connectivity index (χ1v) is 10.6. The molecule has 0 radical (unpaired) electrons. The summed E-state index contributed by atoms with van der Waals surface area (Å²) >= 11 is 0. The van der Waals surface area contributed by atoms with Gasteiger partial charge in [0.1, 0.15) is 17.6 Å². The van der Waals surface area contributed by atoms with Gasteiger partial charge >= 0.3 is 0 Å². The number of halogens is 1. The van der Waals surface area contributed by atoms with E-state index in [1.165, 1.54) is 36.3 Å². The molecule has 1 unspecified atom stereocenters. The molecule has 168 valence electrons. The van der Waals surface area contributed by atoms with Crippen molar-refractivity contribution in [1.82, 2.24) is 4.90 Å². The maximum absolute atomic E-state index is 13.4. The van der Waals surface area contributed by atoms with Gasteiger partial charge in [-0.2, -0.15) is 0 Å². The summed E-state index contributed by atoms with van der Waals surface area (Å²) < 4.78 is 18.5. The number of hydrogen-bond acceptors (Lipinski definition) is 4. The van der Waals surface area contributed by atoms with Gasteiger partial charge < -0.3 is 9.64 Å². The van der Waals surface area contributed by atoms with Crippen molar-refractivity contribution in [2.75, 3.05) is 18.6 Å². The minimum Gasteiger partial charge on any atom is -0.497 e. The van der Waals surface area contributed by atoms with Gasteiger partial charge in [-0.15, -0.1) is 0 Å². The Kier molecular flexibility index (Phi) is 6.49. The molecule has 33 heavy (non-hydrogen) atoms. The van der Waals surface area contributed by atoms with Crippen LogP contribution in [0.15, 0.2) is 78.9 Å². The number of amides is 3. The summed E-state index contributed by atoms with van der Waals surface area (Å²) in [6.07, 6.45) is 0.390. The molecule has 1 aliphatic heterocycles. The average molecular weight is 446 g/mol. The van der Waals surface area contributed by atoms with Gasteiger partial charge in [-0.1, -0.05) is 30.3 Å². The Bertz CT molecular complexity index is 1150. The predicted octanol–water partition coefficient (Wildman–Crippen LogP) is 3.85. The van der Waals surface area contributed by atoms with Crippen molar-refractivity contribution >= 4 is 23.4 Å². The zero-order valence-electron chi connectivity index (χ0n) is 18.1. The maximum atomic E-state index is 13.4. The first kappa shape index (κ1) is 22.2. The lowest BCUT2D eigenvalue weighted by molar-refractivity contribution is -0.122. The molecule has 7 heteroatoms. The number of methoxy groups -OCH3 is 1. The number of ether oxygens (including phenoxy) is 1. The molecule has 0 bridgehead atoms. The number of carbonyl (C=O) groups excluding carboxylic acids is 3. The molecule has 3 aromatic carbocycles. The Hall–Kier alpha value is -4.00. The highest BCUT2D eigenvalue weighted by Crippen LogP contribution is 2.28. The number of benzene rings is 3. The van der Waals surface area contributed by atoms with Crippen molar-refractivity contribution in [3.8, 4) is 5.75 Å². The van der Waals surface area contributed by atoms with Crippen LogP contribution in [0.2, 0.25) is 0 Å². The van der Waals surface area contributed by atoms with Crippen molar-refractivity contribution in [2.24, 2.45) is 0 Å². The predicted molar refractivity (Wildman–Crippen MR) is 121 cm³/mol. The lowest BCUT2D eigenvalue weighted by Crippen LogP contribution is -2.46. The second-order valence-electron chi connectivity index (χ2n) is 7.73. The summed E-state index contributed by atoms with van der Waals surface area (Å²) in [6.45, 7) is 0.236. The van der Waals surface area contributed by atoms with Crippen molar-refractivity contribution in [2.45, 2.75) is 18.9 Å². The minimum atomic E-state index is -0.944. The van der Waals surface area contributed by atoms with Gasteiger partial charge in [0.2, 0.25) is 5.91 Å². The first-order valence-electron chi connectivity index (χ1n) is 10.6. The van der Waals surface area contributed by atoms with E-state index in [4.69, 9.17) is 4.74 Å². The van der Waals surface area contributed by atoms with Crippen LogP contribution in [0.4, 0.5) is 10.1 Å². The number of rotatable bonds is 7. The van der Waals surface area contributed by atoms with Gasteiger partial charge in [-0.25, -0.2) is 9.29 Å². The van der Waals surface area contributed by atoms with Crippen LogP contribution in [0.25, 0.3) is 0 Å². The van der Waals surface area contributed by atoms with Crippen LogP contribution in [0.5, 0.6) is 5.75 Å². The van der Waals surface area contributed by atoms with Crippen LogP contribution >= 0.6 is 0 Å². The summed E-state index contributed by atoms with van der Waals surface area (Å²) in [5, 5.41) is 0. The molecule has 1 aliphatic rings. The Balaban J connectivity index is 1.62. The van der Waals surface area contributed by atoms with E-state index in [2.05, 4.69) is 0 Å². The lowest BCUT2D eigenvalue weighted by atomic mass is 10.1. The van der Waals surface area contributed by atoms with E-state index in [0.717, 1.165) is 10.5 Å². The number of anilines is 1. The third-order valence-electron chi connectivity index (χ3n) is 5.67. The summed E-state index contributed by atoms with van der Waals surface area (Å²) in [7, 11) is 1.53. The Morgan fingerprint density at radius 2 is 1.67 bits per heavy atom. The lowest BCUT2D eigenvalue weighted by Gasteiger charge is -2.28. The van der Waals surface area contributed by atoms with E-state index in [0.29, 0.717) is 17.9 Å². The van der Waals surface area contributed by atoms with Gasteiger partial charge in [-0.3, -0.25) is 14.4 Å². The molecular formula is C26H23FN2O4. The molecule has 1 heterocycles. The second kappa shape index (κ2) is 9.65. The fourth-order valence-electron chi connectivity index (χ4n) is 3.91. The molecule has 1 atom stereocenters. The van der Waals surface area contributed by atoms with Gasteiger partial charge in [0.25, 0.3) is 11.8 Å². The Morgan fingerprint density at radius 3 is 2.30 bits per heavy atom. The fraction of sp³-hybridized carbons (Fsp3) is 0.192. The third kappa shape index (κ3) is 4.77. The smallest absolute Gasteiger partial charge is 0.257 e. The van der Waals surface area contributed by atoms with Crippen LogP contribution in [0.3, 0.4) is 0 Å². The number of hydrogen-bond donors (Lipinski definition) is 0. The van der Waals surface area contributed by atoms with Crippen LogP contribution in [0, 0.1) is 5.82 Å². The Labute approximate surface area is 191 Å². The van der Waals surface area contributed by atoms with Gasteiger partial charge in [0.15, 0.2) is 0 Å². The van der Waals surface area contributed by atoms with E-state index in [9.17, 15) is 18.8 Å². The molecule has 0 aliphatic carbocycles. The van der Waals surface area contributed by atoms with Gasteiger partial charge in [-0.05, 0) is 60.5 Å². The highest BCUT2D eigenvalue weighted by molar-refractivity contribution is 6.23. The zero-order chi connectivity index (χ0) is 23.4. The number of nitrogens with zero attached hydrogens (tertiary/aromatic N) is 2. The summed E-state index contributed by atoms with van der Waals surface area (Å²) in [4.78, 5) is 42.0. The summed E-state index contributed by atoms with van der Waals surface area (Å²) in [5.74, 6) is -1.13. The Morgan fingerprint density at radius 1 is 1.00 bits per heavy atom. The van der Waals surface area contributed by atoms with Crippen molar-refractivity contribution in [1.29, 1.82) is 0 Å². The molecule has 3 aromatic rings. The topological polar surface area (TPSA) is 66.9 Å². The summed E-state index contributed by atoms with van der Waals surface area (Å²) in [6, 6.07) is 20.4. The van der Waals surface area contributed by atoms with E-state index in [1.807, 2.05) is 30.3 Å². The van der Waals surface area contributed by atoms with E-state index < -0.39 is 23.7 Å². The van der Waals surface area contributed by atoms with E-state index >= 15 is 0 Å². The molecule has 3 amide bonds. The molecule has 6 nitrogen and oxygen atoms in total. The molecule has 0 N–H and O–H groups in total. The quantitative estimate of drug-likeness (QED) is 0.517. The standard InChI is InChI=1S/C26H23FN2O4/c1-33-22-13-11-21(12-14-22)29-24(30)17-23(26(29)32)28(16-15-18-5-3-2-4-6-18)25(31)19-7-9-20(27)10-8-19/h2-14,23H,15-17H2,1H3. The molecule has 0 aromatic heterocycles.